The second-order valence-corrected chi connectivity index (χ2v) is 5.73. The maximum atomic E-state index is 13.8. The van der Waals surface area contributed by atoms with E-state index < -0.39 is 6.10 Å². The molecule has 5 heteroatoms. The SMILES string of the molecule is CN(c1nc2c(s1)C(O)CCC2)c1ccccc1F. The van der Waals surface area contributed by atoms with Crippen molar-refractivity contribution in [3.63, 3.8) is 0 Å². The van der Waals surface area contributed by atoms with E-state index >= 15 is 0 Å². The van der Waals surface area contributed by atoms with Gasteiger partial charge in [0.2, 0.25) is 0 Å². The number of fused-ring (bicyclic) bond motifs is 1. The monoisotopic (exact) mass is 278 g/mol. The van der Waals surface area contributed by atoms with Crippen LogP contribution in [0.25, 0.3) is 0 Å². The van der Waals surface area contributed by atoms with Crippen molar-refractivity contribution >= 4 is 22.2 Å². The van der Waals surface area contributed by atoms with E-state index in [0.717, 1.165) is 35.0 Å². The van der Waals surface area contributed by atoms with Crippen molar-refractivity contribution in [3.05, 3.63) is 40.7 Å². The van der Waals surface area contributed by atoms with E-state index in [1.165, 1.54) is 17.4 Å². The van der Waals surface area contributed by atoms with Gasteiger partial charge in [-0.15, -0.1) is 0 Å². The van der Waals surface area contributed by atoms with Crippen LogP contribution in [-0.4, -0.2) is 17.1 Å². The van der Waals surface area contributed by atoms with Crippen molar-refractivity contribution in [2.45, 2.75) is 25.4 Å². The van der Waals surface area contributed by atoms with Gasteiger partial charge in [-0.05, 0) is 31.4 Å². The Balaban J connectivity index is 1.97. The Morgan fingerprint density at radius 3 is 2.95 bits per heavy atom. The molecule has 1 aliphatic carbocycles. The molecule has 0 spiro atoms. The lowest BCUT2D eigenvalue weighted by molar-refractivity contribution is 0.160. The highest BCUT2D eigenvalue weighted by molar-refractivity contribution is 7.15. The molecule has 100 valence electrons. The van der Waals surface area contributed by atoms with Gasteiger partial charge in [-0.1, -0.05) is 23.5 Å². The largest absolute Gasteiger partial charge is 0.388 e. The van der Waals surface area contributed by atoms with Crippen LogP contribution in [0.15, 0.2) is 24.3 Å². The van der Waals surface area contributed by atoms with Gasteiger partial charge in [0.15, 0.2) is 5.13 Å². The van der Waals surface area contributed by atoms with Gasteiger partial charge in [-0.2, -0.15) is 0 Å². The summed E-state index contributed by atoms with van der Waals surface area (Å²) < 4.78 is 13.8. The van der Waals surface area contributed by atoms with Crippen LogP contribution in [0.5, 0.6) is 0 Å². The zero-order chi connectivity index (χ0) is 13.4. The number of aliphatic hydroxyl groups is 1. The second kappa shape index (κ2) is 4.90. The lowest BCUT2D eigenvalue weighted by Crippen LogP contribution is -2.11. The zero-order valence-corrected chi connectivity index (χ0v) is 11.5. The van der Waals surface area contributed by atoms with Crippen LogP contribution in [-0.2, 0) is 6.42 Å². The van der Waals surface area contributed by atoms with E-state index in [0.29, 0.717) is 5.69 Å². The zero-order valence-electron chi connectivity index (χ0n) is 10.6. The summed E-state index contributed by atoms with van der Waals surface area (Å²) in [5, 5.41) is 10.7. The predicted molar refractivity (Wildman–Crippen MR) is 74.5 cm³/mol. The lowest BCUT2D eigenvalue weighted by Gasteiger charge is -2.16. The van der Waals surface area contributed by atoms with Gasteiger partial charge in [0.25, 0.3) is 0 Å². The highest BCUT2D eigenvalue weighted by Gasteiger charge is 2.24. The van der Waals surface area contributed by atoms with Gasteiger partial charge >= 0.3 is 0 Å². The molecule has 0 saturated carbocycles. The molecule has 0 bridgehead atoms. The molecule has 1 unspecified atom stereocenters. The van der Waals surface area contributed by atoms with Gasteiger partial charge in [0, 0.05) is 7.05 Å². The van der Waals surface area contributed by atoms with Crippen molar-refractivity contribution in [1.82, 2.24) is 4.98 Å². The van der Waals surface area contributed by atoms with Crippen molar-refractivity contribution in [3.8, 4) is 0 Å². The van der Waals surface area contributed by atoms with Crippen LogP contribution in [0.1, 0.15) is 29.5 Å². The molecule has 1 N–H and O–H groups in total. The van der Waals surface area contributed by atoms with E-state index in [1.54, 1.807) is 30.1 Å². The van der Waals surface area contributed by atoms with E-state index in [9.17, 15) is 9.50 Å². The number of rotatable bonds is 2. The number of nitrogens with zero attached hydrogens (tertiary/aromatic N) is 2. The number of halogens is 1. The molecule has 3 nitrogen and oxygen atoms in total. The Kier molecular flexibility index (Phi) is 3.24. The fourth-order valence-electron chi connectivity index (χ4n) is 2.35. The molecule has 3 rings (SSSR count). The van der Waals surface area contributed by atoms with E-state index in [2.05, 4.69) is 4.98 Å². The summed E-state index contributed by atoms with van der Waals surface area (Å²) in [4.78, 5) is 7.21. The van der Waals surface area contributed by atoms with Gasteiger partial charge in [0.05, 0.1) is 22.4 Å². The van der Waals surface area contributed by atoms with E-state index in [-0.39, 0.29) is 5.82 Å². The van der Waals surface area contributed by atoms with Gasteiger partial charge in [0.1, 0.15) is 5.82 Å². The highest BCUT2D eigenvalue weighted by atomic mass is 32.1. The van der Waals surface area contributed by atoms with Gasteiger partial charge in [-0.3, -0.25) is 0 Å². The third-order valence-corrected chi connectivity index (χ3v) is 4.69. The Morgan fingerprint density at radius 1 is 1.42 bits per heavy atom. The number of hydrogen-bond acceptors (Lipinski definition) is 4. The summed E-state index contributed by atoms with van der Waals surface area (Å²) in [5.41, 5.74) is 1.46. The Hall–Kier alpha value is -1.46. The first-order valence-corrected chi connectivity index (χ1v) is 7.14. The molecule has 0 amide bonds. The number of aromatic nitrogens is 1. The summed E-state index contributed by atoms with van der Waals surface area (Å²) in [5.74, 6) is -0.265. The van der Waals surface area contributed by atoms with Crippen LogP contribution in [0, 0.1) is 5.82 Å². The standard InChI is InChI=1S/C14H15FN2OS/c1-17(11-7-3-2-5-9(11)15)14-16-10-6-4-8-12(18)13(10)19-14/h2-3,5,7,12,18H,4,6,8H2,1H3. The molecule has 19 heavy (non-hydrogen) atoms. The van der Waals surface area contributed by atoms with Crippen LogP contribution in [0.3, 0.4) is 0 Å². The number of para-hydroxylation sites is 1. The number of thiazole rings is 1. The summed E-state index contributed by atoms with van der Waals surface area (Å²) in [6, 6.07) is 6.64. The van der Waals surface area contributed by atoms with Crippen LogP contribution < -0.4 is 4.90 Å². The van der Waals surface area contributed by atoms with Crippen LogP contribution >= 0.6 is 11.3 Å². The average molecular weight is 278 g/mol. The minimum atomic E-state index is -0.413. The maximum Gasteiger partial charge on any atom is 0.190 e. The third kappa shape index (κ3) is 2.24. The first-order chi connectivity index (χ1) is 9.16. The molecule has 1 aromatic heterocycles. The summed E-state index contributed by atoms with van der Waals surface area (Å²) in [7, 11) is 1.80. The van der Waals surface area contributed by atoms with Crippen molar-refractivity contribution < 1.29 is 9.50 Å². The third-order valence-electron chi connectivity index (χ3n) is 3.41. The fraction of sp³-hybridized carbons (Fsp3) is 0.357. The molecule has 1 heterocycles. The topological polar surface area (TPSA) is 36.4 Å². The molecular formula is C14H15FN2OS. The summed E-state index contributed by atoms with van der Waals surface area (Å²) in [6.45, 7) is 0. The first kappa shape index (κ1) is 12.6. The summed E-state index contributed by atoms with van der Waals surface area (Å²) >= 11 is 1.45. The van der Waals surface area contributed by atoms with Crippen molar-refractivity contribution in [2.24, 2.45) is 0 Å². The normalized spacial score (nSPS) is 18.2. The quantitative estimate of drug-likeness (QED) is 0.914. The Bertz CT molecular complexity index is 599. The summed E-state index contributed by atoms with van der Waals surface area (Å²) in [6.07, 6.45) is 2.23. The number of aliphatic hydroxyl groups excluding tert-OH is 1. The average Bonchev–Trinajstić information content (AvgIpc) is 2.84. The highest BCUT2D eigenvalue weighted by Crippen LogP contribution is 2.39. The van der Waals surface area contributed by atoms with Crippen LogP contribution in [0.2, 0.25) is 0 Å². The molecule has 0 fully saturated rings. The molecular weight excluding hydrogens is 263 g/mol. The Morgan fingerprint density at radius 2 is 2.21 bits per heavy atom. The molecule has 1 atom stereocenters. The van der Waals surface area contributed by atoms with E-state index in [4.69, 9.17) is 0 Å². The smallest absolute Gasteiger partial charge is 0.190 e. The molecule has 1 aliphatic rings. The first-order valence-electron chi connectivity index (χ1n) is 6.32. The lowest BCUT2D eigenvalue weighted by atomic mass is 10.0. The number of aryl methyl sites for hydroxylation is 1. The second-order valence-electron chi connectivity index (χ2n) is 4.73. The molecule has 0 saturated heterocycles. The molecule has 2 aromatic rings. The predicted octanol–water partition coefficient (Wildman–Crippen LogP) is 3.42. The van der Waals surface area contributed by atoms with Gasteiger partial charge in [-0.25, -0.2) is 9.37 Å². The van der Waals surface area contributed by atoms with Gasteiger partial charge < -0.3 is 10.0 Å². The fourth-order valence-corrected chi connectivity index (χ4v) is 3.46. The number of benzene rings is 1. The minimum absolute atomic E-state index is 0.265. The van der Waals surface area contributed by atoms with E-state index in [1.807, 2.05) is 0 Å². The molecule has 1 aromatic carbocycles. The molecule has 0 aliphatic heterocycles. The van der Waals surface area contributed by atoms with Crippen molar-refractivity contribution in [1.29, 1.82) is 0 Å². The minimum Gasteiger partial charge on any atom is -0.388 e. The molecule has 0 radical (unpaired) electrons. The number of hydrogen-bond donors (Lipinski definition) is 1. The van der Waals surface area contributed by atoms with Crippen LogP contribution in [0.4, 0.5) is 15.2 Å². The number of anilines is 2. The Labute approximate surface area is 115 Å². The van der Waals surface area contributed by atoms with Crippen molar-refractivity contribution in [2.75, 3.05) is 11.9 Å². The maximum absolute atomic E-state index is 13.8.